The highest BCUT2D eigenvalue weighted by molar-refractivity contribution is 5.94. The summed E-state index contributed by atoms with van der Waals surface area (Å²) in [5, 5.41) is 13.6. The Balaban J connectivity index is 1.53. The number of nitrogens with two attached hydrogens (primary N) is 1. The van der Waals surface area contributed by atoms with Gasteiger partial charge >= 0.3 is 0 Å². The average Bonchev–Trinajstić information content (AvgIpc) is 2.74. The average molecular weight is 383 g/mol. The molecule has 1 aliphatic rings. The minimum atomic E-state index is -0.363. The summed E-state index contributed by atoms with van der Waals surface area (Å²) in [6.07, 6.45) is 2.43. The first-order valence-corrected chi connectivity index (χ1v) is 10.1. The van der Waals surface area contributed by atoms with Crippen LogP contribution in [0.3, 0.4) is 0 Å². The van der Waals surface area contributed by atoms with E-state index < -0.39 is 0 Å². The van der Waals surface area contributed by atoms with Gasteiger partial charge in [0.2, 0.25) is 0 Å². The smallest absolute Gasteiger partial charge is 0.251 e. The van der Waals surface area contributed by atoms with Gasteiger partial charge in [-0.25, -0.2) is 0 Å². The fraction of sp³-hybridized carbons (Fsp3) is 0.435. The van der Waals surface area contributed by atoms with Crippen molar-refractivity contribution in [1.29, 1.82) is 0 Å². The number of hydrogen-bond acceptors (Lipinski definition) is 4. The number of carbonyl (C=O) groups is 1. The maximum Gasteiger partial charge on any atom is 0.251 e. The molecule has 1 aliphatic carbocycles. The lowest BCUT2D eigenvalue weighted by atomic mass is 9.74. The van der Waals surface area contributed by atoms with Crippen LogP contribution in [0.5, 0.6) is 0 Å². The molecule has 1 amide bonds. The summed E-state index contributed by atoms with van der Waals surface area (Å²) >= 11 is 0. The Kier molecular flexibility index (Phi) is 7.60. The van der Waals surface area contributed by atoms with Crippen LogP contribution in [0.1, 0.15) is 52.6 Å². The second kappa shape index (κ2) is 10.4. The molecule has 28 heavy (non-hydrogen) atoms. The number of amides is 1. The van der Waals surface area contributed by atoms with Crippen LogP contribution in [0.2, 0.25) is 0 Å². The van der Waals surface area contributed by atoms with E-state index in [4.69, 9.17) is 10.5 Å². The molecule has 0 bridgehead atoms. The van der Waals surface area contributed by atoms with Crippen LogP contribution in [-0.2, 0) is 4.74 Å². The van der Waals surface area contributed by atoms with Crippen LogP contribution >= 0.6 is 0 Å². The summed E-state index contributed by atoms with van der Waals surface area (Å²) in [5.41, 5.74) is 8.38. The zero-order valence-corrected chi connectivity index (χ0v) is 16.2. The van der Waals surface area contributed by atoms with Gasteiger partial charge in [-0.05, 0) is 48.4 Å². The normalized spacial score (nSPS) is 22.0. The molecule has 0 unspecified atom stereocenters. The Morgan fingerprint density at radius 2 is 1.79 bits per heavy atom. The van der Waals surface area contributed by atoms with Gasteiger partial charge in [0, 0.05) is 24.6 Å². The molecule has 0 heterocycles. The number of rotatable bonds is 8. The molecule has 3 rings (SSSR count). The zero-order chi connectivity index (χ0) is 19.8. The van der Waals surface area contributed by atoms with E-state index in [1.807, 2.05) is 30.3 Å². The van der Waals surface area contributed by atoms with E-state index in [1.165, 1.54) is 5.56 Å². The third-order valence-electron chi connectivity index (χ3n) is 5.48. The molecule has 0 aliphatic heterocycles. The first-order valence-electron chi connectivity index (χ1n) is 10.1. The van der Waals surface area contributed by atoms with Gasteiger partial charge in [0.1, 0.15) is 0 Å². The van der Waals surface area contributed by atoms with Crippen molar-refractivity contribution in [3.8, 4) is 0 Å². The van der Waals surface area contributed by atoms with Crippen molar-refractivity contribution in [1.82, 2.24) is 5.32 Å². The zero-order valence-electron chi connectivity index (χ0n) is 16.2. The SMILES string of the molecule is NCCOCCNC(=O)c1ccc([C@H]2CC[C@H](c3ccccc3)C[C@@H]2O)cc1. The van der Waals surface area contributed by atoms with Crippen LogP contribution in [0.25, 0.3) is 0 Å². The number of nitrogens with one attached hydrogen (secondary N) is 1. The van der Waals surface area contributed by atoms with E-state index in [9.17, 15) is 9.90 Å². The third-order valence-corrected chi connectivity index (χ3v) is 5.48. The Morgan fingerprint density at radius 1 is 1.04 bits per heavy atom. The summed E-state index contributed by atoms with van der Waals surface area (Å²) < 4.78 is 5.25. The lowest BCUT2D eigenvalue weighted by molar-refractivity contribution is 0.0919. The minimum Gasteiger partial charge on any atom is -0.392 e. The van der Waals surface area contributed by atoms with Crippen molar-refractivity contribution in [2.45, 2.75) is 37.2 Å². The molecule has 3 atom stereocenters. The van der Waals surface area contributed by atoms with Crippen molar-refractivity contribution in [3.05, 3.63) is 71.3 Å². The van der Waals surface area contributed by atoms with Crippen molar-refractivity contribution >= 4 is 5.91 Å². The van der Waals surface area contributed by atoms with Gasteiger partial charge in [0.15, 0.2) is 0 Å². The van der Waals surface area contributed by atoms with E-state index in [1.54, 1.807) is 0 Å². The lowest BCUT2D eigenvalue weighted by Crippen LogP contribution is -2.28. The molecule has 5 nitrogen and oxygen atoms in total. The summed E-state index contributed by atoms with van der Waals surface area (Å²) in [4.78, 5) is 12.2. The molecule has 5 heteroatoms. The Morgan fingerprint density at radius 3 is 2.46 bits per heavy atom. The van der Waals surface area contributed by atoms with Crippen LogP contribution in [0.15, 0.2) is 54.6 Å². The van der Waals surface area contributed by atoms with Gasteiger partial charge < -0.3 is 20.9 Å². The summed E-state index contributed by atoms with van der Waals surface area (Å²) in [6.45, 7) is 1.90. The number of ether oxygens (including phenoxy) is 1. The summed E-state index contributed by atoms with van der Waals surface area (Å²) in [5.74, 6) is 0.428. The van der Waals surface area contributed by atoms with E-state index in [-0.39, 0.29) is 17.9 Å². The first-order chi connectivity index (χ1) is 13.7. The predicted octanol–water partition coefficient (Wildman–Crippen LogP) is 2.80. The maximum absolute atomic E-state index is 12.2. The molecule has 1 saturated carbocycles. The van der Waals surface area contributed by atoms with Crippen LogP contribution < -0.4 is 11.1 Å². The number of hydrogen-bond donors (Lipinski definition) is 3. The molecule has 1 fully saturated rings. The van der Waals surface area contributed by atoms with E-state index in [0.717, 1.165) is 24.8 Å². The van der Waals surface area contributed by atoms with Crippen molar-refractivity contribution in [2.24, 2.45) is 5.73 Å². The van der Waals surface area contributed by atoms with Crippen LogP contribution in [0, 0.1) is 0 Å². The summed E-state index contributed by atoms with van der Waals surface area (Å²) in [6, 6.07) is 18.0. The molecule has 0 radical (unpaired) electrons. The minimum absolute atomic E-state index is 0.115. The van der Waals surface area contributed by atoms with E-state index >= 15 is 0 Å². The Hall–Kier alpha value is -2.21. The molecular weight excluding hydrogens is 352 g/mol. The second-order valence-electron chi connectivity index (χ2n) is 7.37. The van der Waals surface area contributed by atoms with Gasteiger partial charge in [-0.3, -0.25) is 4.79 Å². The van der Waals surface area contributed by atoms with Crippen molar-refractivity contribution < 1.29 is 14.6 Å². The second-order valence-corrected chi connectivity index (χ2v) is 7.37. The van der Waals surface area contributed by atoms with Crippen molar-refractivity contribution in [3.63, 3.8) is 0 Å². The standard InChI is InChI=1S/C23H30N2O3/c24-12-14-28-15-13-25-23(27)19-8-6-18(7-9-19)21-11-10-20(16-22(21)26)17-4-2-1-3-5-17/h1-9,20-22,26H,10-16,24H2,(H,25,27)/t20-,21+,22-/m0/s1. The van der Waals surface area contributed by atoms with Gasteiger partial charge in [-0.1, -0.05) is 42.5 Å². The fourth-order valence-corrected chi connectivity index (χ4v) is 3.97. The maximum atomic E-state index is 12.2. The molecule has 0 saturated heterocycles. The Bertz CT molecular complexity index is 733. The third kappa shape index (κ3) is 5.41. The highest BCUT2D eigenvalue weighted by Gasteiger charge is 2.30. The number of aliphatic hydroxyl groups excluding tert-OH is 1. The largest absolute Gasteiger partial charge is 0.392 e. The monoisotopic (exact) mass is 382 g/mol. The topological polar surface area (TPSA) is 84.6 Å². The highest BCUT2D eigenvalue weighted by atomic mass is 16.5. The van der Waals surface area contributed by atoms with Crippen molar-refractivity contribution in [2.75, 3.05) is 26.3 Å². The highest BCUT2D eigenvalue weighted by Crippen LogP contribution is 2.40. The molecule has 150 valence electrons. The molecule has 0 aromatic heterocycles. The molecule has 2 aromatic carbocycles. The number of benzene rings is 2. The van der Waals surface area contributed by atoms with Gasteiger partial charge in [0.25, 0.3) is 5.91 Å². The molecule has 0 spiro atoms. The number of aliphatic hydroxyl groups is 1. The Labute approximate surface area is 166 Å². The van der Waals surface area contributed by atoms with Gasteiger partial charge in [-0.15, -0.1) is 0 Å². The predicted molar refractivity (Wildman–Crippen MR) is 110 cm³/mol. The number of carbonyl (C=O) groups excluding carboxylic acids is 1. The lowest BCUT2D eigenvalue weighted by Gasteiger charge is -2.33. The molecular formula is C23H30N2O3. The molecule has 2 aromatic rings. The quantitative estimate of drug-likeness (QED) is 0.613. The molecule has 4 N–H and O–H groups in total. The van der Waals surface area contributed by atoms with E-state index in [0.29, 0.717) is 37.8 Å². The first kappa shape index (κ1) is 20.5. The fourth-order valence-electron chi connectivity index (χ4n) is 3.97. The van der Waals surface area contributed by atoms with Gasteiger partial charge in [-0.2, -0.15) is 0 Å². The van der Waals surface area contributed by atoms with E-state index in [2.05, 4.69) is 29.6 Å². The van der Waals surface area contributed by atoms with Crippen LogP contribution in [-0.4, -0.2) is 43.4 Å². The van der Waals surface area contributed by atoms with Gasteiger partial charge in [0.05, 0.1) is 19.3 Å². The summed E-state index contributed by atoms with van der Waals surface area (Å²) in [7, 11) is 0. The van der Waals surface area contributed by atoms with Crippen LogP contribution in [0.4, 0.5) is 0 Å².